The zero-order valence-corrected chi connectivity index (χ0v) is 24.0. The third-order valence-electron chi connectivity index (χ3n) is 6.17. The van der Waals surface area contributed by atoms with Crippen LogP contribution in [0.3, 0.4) is 0 Å². The second-order valence-electron chi connectivity index (χ2n) is 11.5. The topological polar surface area (TPSA) is 87.7 Å². The molecule has 0 heterocycles. The molecule has 208 valence electrons. The average Bonchev–Trinajstić information content (AvgIpc) is 2.85. The first kappa shape index (κ1) is 29.7. The van der Waals surface area contributed by atoms with Gasteiger partial charge < -0.3 is 20.3 Å². The van der Waals surface area contributed by atoms with Crippen molar-refractivity contribution in [1.29, 1.82) is 0 Å². The number of fused-ring (bicyclic) bond motifs is 1. The normalized spacial score (nSPS) is 13.2. The molecule has 3 amide bonds. The van der Waals surface area contributed by atoms with E-state index >= 15 is 0 Å². The Hall–Kier alpha value is -3.87. The van der Waals surface area contributed by atoms with E-state index in [1.165, 1.54) is 0 Å². The van der Waals surface area contributed by atoms with Gasteiger partial charge in [-0.15, -0.1) is 0 Å². The summed E-state index contributed by atoms with van der Waals surface area (Å²) in [6.07, 6.45) is -0.267. The number of carbonyl (C=O) groups is 3. The highest BCUT2D eigenvalue weighted by Gasteiger charge is 2.38. The number of hydrogen-bond acceptors (Lipinski definition) is 4. The predicted molar refractivity (Wildman–Crippen MR) is 156 cm³/mol. The molecule has 0 fully saturated rings. The molecule has 2 N–H and O–H groups in total. The third-order valence-corrected chi connectivity index (χ3v) is 6.17. The van der Waals surface area contributed by atoms with Crippen molar-refractivity contribution in [2.45, 2.75) is 78.6 Å². The Morgan fingerprint density at radius 2 is 1.46 bits per heavy atom. The maximum absolute atomic E-state index is 14.1. The van der Waals surface area contributed by atoms with Crippen LogP contribution >= 0.6 is 0 Å². The minimum Gasteiger partial charge on any atom is -0.444 e. The van der Waals surface area contributed by atoms with E-state index in [0.29, 0.717) is 17.7 Å². The van der Waals surface area contributed by atoms with Gasteiger partial charge in [-0.1, -0.05) is 74.5 Å². The van der Waals surface area contributed by atoms with E-state index in [-0.39, 0.29) is 23.8 Å². The first-order chi connectivity index (χ1) is 18.4. The lowest BCUT2D eigenvalue weighted by Gasteiger charge is -2.37. The summed E-state index contributed by atoms with van der Waals surface area (Å²) < 4.78 is 5.45. The summed E-state index contributed by atoms with van der Waals surface area (Å²) in [5.41, 5.74) is 0.610. The average molecular weight is 532 g/mol. The smallest absolute Gasteiger partial charge is 0.408 e. The fourth-order valence-corrected chi connectivity index (χ4v) is 4.55. The molecule has 0 aliphatic carbocycles. The Morgan fingerprint density at radius 1 is 0.846 bits per heavy atom. The lowest BCUT2D eigenvalue weighted by molar-refractivity contribution is -0.143. The summed E-state index contributed by atoms with van der Waals surface area (Å²) in [6, 6.07) is 20.8. The zero-order valence-electron chi connectivity index (χ0n) is 24.0. The Balaban J connectivity index is 1.98. The first-order valence-corrected chi connectivity index (χ1v) is 13.5. The van der Waals surface area contributed by atoms with Crippen LogP contribution in [0.25, 0.3) is 10.8 Å². The molecule has 0 bridgehead atoms. The molecule has 39 heavy (non-hydrogen) atoms. The quantitative estimate of drug-likeness (QED) is 0.322. The molecular formula is C32H41N3O4. The zero-order chi connectivity index (χ0) is 28.7. The molecule has 0 saturated heterocycles. The lowest BCUT2D eigenvalue weighted by atomic mass is 9.98. The van der Waals surface area contributed by atoms with Crippen molar-refractivity contribution in [3.63, 3.8) is 0 Å². The number of rotatable bonds is 9. The first-order valence-electron chi connectivity index (χ1n) is 13.5. The molecule has 3 rings (SSSR count). The van der Waals surface area contributed by atoms with Gasteiger partial charge in [0, 0.05) is 11.7 Å². The van der Waals surface area contributed by atoms with Gasteiger partial charge in [0.05, 0.1) is 0 Å². The Kier molecular flexibility index (Phi) is 9.73. The SMILES string of the molecule is CC(C)CC(NC(=O)OC(C)(C)C)C(=O)N(C(C)C)C(C(=O)Nc1ccc2ccccc2c1)c1ccccc1. The maximum atomic E-state index is 14.1. The van der Waals surface area contributed by atoms with Gasteiger partial charge in [0.2, 0.25) is 5.91 Å². The van der Waals surface area contributed by atoms with E-state index in [4.69, 9.17) is 4.74 Å². The van der Waals surface area contributed by atoms with Crippen LogP contribution in [0.15, 0.2) is 72.8 Å². The van der Waals surface area contributed by atoms with Crippen molar-refractivity contribution >= 4 is 34.4 Å². The van der Waals surface area contributed by atoms with Gasteiger partial charge in [0.15, 0.2) is 0 Å². The summed E-state index contributed by atoms with van der Waals surface area (Å²) in [5, 5.41) is 7.87. The fourth-order valence-electron chi connectivity index (χ4n) is 4.55. The molecule has 7 nitrogen and oxygen atoms in total. The molecule has 0 aliphatic rings. The number of ether oxygens (including phenoxy) is 1. The van der Waals surface area contributed by atoms with E-state index in [0.717, 1.165) is 10.8 Å². The van der Waals surface area contributed by atoms with Crippen LogP contribution in [-0.4, -0.2) is 40.5 Å². The van der Waals surface area contributed by atoms with E-state index < -0.39 is 23.8 Å². The molecule has 2 atom stereocenters. The minimum atomic E-state index is -0.916. The van der Waals surface area contributed by atoms with Crippen molar-refractivity contribution in [3.05, 3.63) is 78.4 Å². The summed E-state index contributed by atoms with van der Waals surface area (Å²) >= 11 is 0. The summed E-state index contributed by atoms with van der Waals surface area (Å²) in [7, 11) is 0. The van der Waals surface area contributed by atoms with Gasteiger partial charge in [-0.2, -0.15) is 0 Å². The highest BCUT2D eigenvalue weighted by atomic mass is 16.6. The third kappa shape index (κ3) is 8.31. The Labute approximate surface area is 231 Å². The van der Waals surface area contributed by atoms with Crippen LogP contribution < -0.4 is 10.6 Å². The van der Waals surface area contributed by atoms with Gasteiger partial charge in [-0.05, 0) is 75.4 Å². The number of alkyl carbamates (subject to hydrolysis) is 1. The van der Waals surface area contributed by atoms with Crippen LogP contribution in [0.1, 0.15) is 66.5 Å². The molecular weight excluding hydrogens is 490 g/mol. The number of benzene rings is 3. The number of nitrogens with one attached hydrogen (secondary N) is 2. The predicted octanol–water partition coefficient (Wildman–Crippen LogP) is 6.70. The standard InChI is InChI=1S/C32H41N3O4/c1-21(2)19-27(34-31(38)39-32(5,6)7)30(37)35(22(3)4)28(24-14-9-8-10-15-24)29(36)33-26-18-17-23-13-11-12-16-25(23)20-26/h8-18,20-22,27-28H,19H2,1-7H3,(H,33,36)(H,34,38). The Morgan fingerprint density at radius 3 is 2.05 bits per heavy atom. The molecule has 0 radical (unpaired) electrons. The number of anilines is 1. The monoisotopic (exact) mass is 531 g/mol. The van der Waals surface area contributed by atoms with Crippen LogP contribution in [0.4, 0.5) is 10.5 Å². The van der Waals surface area contributed by atoms with E-state index in [2.05, 4.69) is 10.6 Å². The number of nitrogens with zero attached hydrogens (tertiary/aromatic N) is 1. The molecule has 3 aromatic carbocycles. The highest BCUT2D eigenvalue weighted by molar-refractivity contribution is 6.00. The van der Waals surface area contributed by atoms with Crippen molar-refractivity contribution in [2.24, 2.45) is 5.92 Å². The van der Waals surface area contributed by atoms with Crippen LogP contribution in [0.5, 0.6) is 0 Å². The number of carbonyl (C=O) groups excluding carboxylic acids is 3. The van der Waals surface area contributed by atoms with Crippen molar-refractivity contribution in [3.8, 4) is 0 Å². The van der Waals surface area contributed by atoms with Crippen LogP contribution in [-0.2, 0) is 14.3 Å². The molecule has 7 heteroatoms. The minimum absolute atomic E-state index is 0.115. The lowest BCUT2D eigenvalue weighted by Crippen LogP contribution is -2.54. The number of hydrogen-bond donors (Lipinski definition) is 2. The summed E-state index contributed by atoms with van der Waals surface area (Å²) in [4.78, 5) is 42.3. The van der Waals surface area contributed by atoms with Crippen molar-refractivity contribution < 1.29 is 19.1 Å². The Bertz CT molecular complexity index is 1280. The molecule has 0 saturated carbocycles. The molecule has 0 aliphatic heterocycles. The maximum Gasteiger partial charge on any atom is 0.408 e. The summed E-state index contributed by atoms with van der Waals surface area (Å²) in [5.74, 6) is -0.560. The van der Waals surface area contributed by atoms with Gasteiger partial charge in [-0.3, -0.25) is 9.59 Å². The van der Waals surface area contributed by atoms with Gasteiger partial charge in [0.25, 0.3) is 5.91 Å². The van der Waals surface area contributed by atoms with Gasteiger partial charge in [-0.25, -0.2) is 4.79 Å². The largest absolute Gasteiger partial charge is 0.444 e. The van der Waals surface area contributed by atoms with Gasteiger partial charge >= 0.3 is 6.09 Å². The second kappa shape index (κ2) is 12.8. The fraction of sp³-hybridized carbons (Fsp3) is 0.406. The molecule has 2 unspecified atom stereocenters. The van der Waals surface area contributed by atoms with Crippen molar-refractivity contribution in [1.82, 2.24) is 10.2 Å². The van der Waals surface area contributed by atoms with Gasteiger partial charge in [0.1, 0.15) is 17.7 Å². The molecule has 3 aromatic rings. The second-order valence-corrected chi connectivity index (χ2v) is 11.5. The van der Waals surface area contributed by atoms with E-state index in [1.807, 2.05) is 100 Å². The highest BCUT2D eigenvalue weighted by Crippen LogP contribution is 2.28. The van der Waals surface area contributed by atoms with E-state index in [9.17, 15) is 14.4 Å². The van der Waals surface area contributed by atoms with Crippen LogP contribution in [0.2, 0.25) is 0 Å². The summed E-state index contributed by atoms with van der Waals surface area (Å²) in [6.45, 7) is 13.0. The molecule has 0 aromatic heterocycles. The van der Waals surface area contributed by atoms with Crippen LogP contribution in [0, 0.1) is 5.92 Å². The number of amides is 3. The molecule has 0 spiro atoms. The van der Waals surface area contributed by atoms with Crippen molar-refractivity contribution in [2.75, 3.05) is 5.32 Å². The van der Waals surface area contributed by atoms with E-state index in [1.54, 1.807) is 25.7 Å².